The summed E-state index contributed by atoms with van der Waals surface area (Å²) in [7, 11) is 2.01. The van der Waals surface area contributed by atoms with E-state index in [1.54, 1.807) is 0 Å². The third-order valence-electron chi connectivity index (χ3n) is 4.46. The first-order valence-corrected chi connectivity index (χ1v) is 7.83. The molecule has 1 heterocycles. The van der Waals surface area contributed by atoms with Crippen molar-refractivity contribution in [3.63, 3.8) is 0 Å². The molecule has 0 saturated heterocycles. The predicted octanol–water partition coefficient (Wildman–Crippen LogP) is 3.60. The van der Waals surface area contributed by atoms with Crippen LogP contribution in [0.3, 0.4) is 0 Å². The second-order valence-corrected chi connectivity index (χ2v) is 6.44. The lowest BCUT2D eigenvalue weighted by molar-refractivity contribution is 0.280. The molecule has 1 atom stereocenters. The van der Waals surface area contributed by atoms with Crippen LogP contribution < -0.4 is 5.32 Å². The van der Waals surface area contributed by atoms with Gasteiger partial charge >= 0.3 is 0 Å². The summed E-state index contributed by atoms with van der Waals surface area (Å²) in [4.78, 5) is 0. The van der Waals surface area contributed by atoms with Crippen LogP contribution in [0.5, 0.6) is 0 Å². The van der Waals surface area contributed by atoms with Gasteiger partial charge in [0.15, 0.2) is 0 Å². The molecule has 0 aliphatic heterocycles. The summed E-state index contributed by atoms with van der Waals surface area (Å²) in [5.74, 6) is 1.37. The maximum Gasteiger partial charge on any atom is 0.0694 e. The molecule has 19 heavy (non-hydrogen) atoms. The lowest BCUT2D eigenvalue weighted by Crippen LogP contribution is -2.34. The van der Waals surface area contributed by atoms with Crippen LogP contribution in [0.4, 0.5) is 0 Å². The Bertz CT molecular complexity index is 389. The quantitative estimate of drug-likeness (QED) is 0.879. The van der Waals surface area contributed by atoms with E-state index in [1.165, 1.54) is 43.4 Å². The highest BCUT2D eigenvalue weighted by atomic mass is 15.3. The van der Waals surface area contributed by atoms with Gasteiger partial charge in [0.25, 0.3) is 0 Å². The van der Waals surface area contributed by atoms with Crippen molar-refractivity contribution in [2.45, 2.75) is 71.4 Å². The summed E-state index contributed by atoms with van der Waals surface area (Å²) < 4.78 is 1.94. The van der Waals surface area contributed by atoms with E-state index in [0.29, 0.717) is 12.0 Å². The van der Waals surface area contributed by atoms with E-state index in [-0.39, 0.29) is 0 Å². The Morgan fingerprint density at radius 2 is 1.95 bits per heavy atom. The number of rotatable bonds is 5. The van der Waals surface area contributed by atoms with Gasteiger partial charge < -0.3 is 5.32 Å². The molecule has 0 radical (unpaired) electrons. The minimum atomic E-state index is 0.503. The summed E-state index contributed by atoms with van der Waals surface area (Å²) in [6, 6.07) is 0.625. The van der Waals surface area contributed by atoms with Crippen molar-refractivity contribution < 1.29 is 0 Å². The van der Waals surface area contributed by atoms with E-state index >= 15 is 0 Å². The SMILES string of the molecule is CC(C)c1nn(C)cc1CN[C@H](C)C1CCCCC1. The standard InChI is InChI=1S/C16H29N3/c1-12(2)16-15(11-19(4)18-16)10-17-13(3)14-8-6-5-7-9-14/h11-14,17H,5-10H2,1-4H3/t13-/m1/s1. The van der Waals surface area contributed by atoms with Gasteiger partial charge in [-0.1, -0.05) is 33.1 Å². The van der Waals surface area contributed by atoms with Gasteiger partial charge in [-0.2, -0.15) is 5.10 Å². The fourth-order valence-corrected chi connectivity index (χ4v) is 3.25. The van der Waals surface area contributed by atoms with Crippen LogP contribution in [0.2, 0.25) is 0 Å². The van der Waals surface area contributed by atoms with Crippen LogP contribution in [-0.4, -0.2) is 15.8 Å². The molecule has 0 spiro atoms. The number of hydrogen-bond donors (Lipinski definition) is 1. The molecule has 0 amide bonds. The number of aromatic nitrogens is 2. The molecule has 1 aliphatic rings. The Kier molecular flexibility index (Phi) is 5.03. The largest absolute Gasteiger partial charge is 0.310 e. The van der Waals surface area contributed by atoms with Crippen LogP contribution in [0.25, 0.3) is 0 Å². The summed E-state index contributed by atoms with van der Waals surface area (Å²) in [6.07, 6.45) is 9.23. The molecule has 3 heteroatoms. The van der Waals surface area contributed by atoms with Crippen molar-refractivity contribution in [3.8, 4) is 0 Å². The van der Waals surface area contributed by atoms with E-state index in [9.17, 15) is 0 Å². The van der Waals surface area contributed by atoms with Gasteiger partial charge in [-0.05, 0) is 31.6 Å². The second-order valence-electron chi connectivity index (χ2n) is 6.44. The normalized spacial score (nSPS) is 19.0. The van der Waals surface area contributed by atoms with Crippen molar-refractivity contribution in [2.75, 3.05) is 0 Å². The first-order valence-electron chi connectivity index (χ1n) is 7.83. The zero-order chi connectivity index (χ0) is 13.8. The first kappa shape index (κ1) is 14.6. The van der Waals surface area contributed by atoms with Crippen molar-refractivity contribution in [3.05, 3.63) is 17.5 Å². The lowest BCUT2D eigenvalue weighted by atomic mass is 9.84. The van der Waals surface area contributed by atoms with E-state index in [4.69, 9.17) is 0 Å². The molecule has 1 saturated carbocycles. The smallest absolute Gasteiger partial charge is 0.0694 e. The van der Waals surface area contributed by atoms with Crippen LogP contribution >= 0.6 is 0 Å². The Balaban J connectivity index is 1.90. The lowest BCUT2D eigenvalue weighted by Gasteiger charge is -2.28. The molecule has 3 nitrogen and oxygen atoms in total. The van der Waals surface area contributed by atoms with E-state index in [2.05, 4.69) is 37.4 Å². The maximum atomic E-state index is 4.58. The predicted molar refractivity (Wildman–Crippen MR) is 80.2 cm³/mol. The molecule has 0 unspecified atom stereocenters. The van der Waals surface area contributed by atoms with Gasteiger partial charge in [0.1, 0.15) is 0 Å². The molecule has 108 valence electrons. The van der Waals surface area contributed by atoms with Crippen LogP contribution in [0, 0.1) is 5.92 Å². The summed E-state index contributed by atoms with van der Waals surface area (Å²) in [5, 5.41) is 8.30. The molecule has 1 N–H and O–H groups in total. The molecule has 1 aliphatic carbocycles. The highest BCUT2D eigenvalue weighted by Crippen LogP contribution is 2.26. The van der Waals surface area contributed by atoms with E-state index in [1.807, 2.05) is 11.7 Å². The molecule has 2 rings (SSSR count). The van der Waals surface area contributed by atoms with E-state index < -0.39 is 0 Å². The summed E-state index contributed by atoms with van der Waals surface area (Å²) >= 11 is 0. The van der Waals surface area contributed by atoms with Gasteiger partial charge in [0.05, 0.1) is 5.69 Å². The Morgan fingerprint density at radius 3 is 2.58 bits per heavy atom. The topological polar surface area (TPSA) is 29.9 Å². The minimum Gasteiger partial charge on any atom is -0.310 e. The fourth-order valence-electron chi connectivity index (χ4n) is 3.25. The highest BCUT2D eigenvalue weighted by Gasteiger charge is 2.20. The number of aryl methyl sites for hydroxylation is 1. The number of nitrogens with zero attached hydrogens (tertiary/aromatic N) is 2. The molecular weight excluding hydrogens is 234 g/mol. The molecule has 0 aromatic carbocycles. The summed E-state index contributed by atoms with van der Waals surface area (Å²) in [6.45, 7) is 7.74. The highest BCUT2D eigenvalue weighted by molar-refractivity contribution is 5.20. The minimum absolute atomic E-state index is 0.503. The third kappa shape index (κ3) is 3.82. The fraction of sp³-hybridized carbons (Fsp3) is 0.812. The van der Waals surface area contributed by atoms with Gasteiger partial charge in [0.2, 0.25) is 0 Å². The Hall–Kier alpha value is -0.830. The van der Waals surface area contributed by atoms with Gasteiger partial charge in [0, 0.05) is 31.4 Å². The monoisotopic (exact) mass is 263 g/mol. The number of nitrogens with one attached hydrogen (secondary N) is 1. The van der Waals surface area contributed by atoms with Crippen molar-refractivity contribution in [2.24, 2.45) is 13.0 Å². The van der Waals surface area contributed by atoms with Gasteiger partial charge in [-0.15, -0.1) is 0 Å². The third-order valence-corrected chi connectivity index (χ3v) is 4.46. The first-order chi connectivity index (χ1) is 9.08. The summed E-state index contributed by atoms with van der Waals surface area (Å²) in [5.41, 5.74) is 2.60. The Morgan fingerprint density at radius 1 is 1.26 bits per heavy atom. The van der Waals surface area contributed by atoms with Crippen LogP contribution in [0.1, 0.15) is 70.1 Å². The van der Waals surface area contributed by atoms with Crippen molar-refractivity contribution in [1.82, 2.24) is 15.1 Å². The van der Waals surface area contributed by atoms with Gasteiger partial charge in [-0.25, -0.2) is 0 Å². The molecule has 1 aromatic rings. The zero-order valence-electron chi connectivity index (χ0n) is 12.9. The zero-order valence-corrected chi connectivity index (χ0v) is 12.9. The average Bonchev–Trinajstić information content (AvgIpc) is 2.78. The van der Waals surface area contributed by atoms with Gasteiger partial charge in [-0.3, -0.25) is 4.68 Å². The molecular formula is C16H29N3. The van der Waals surface area contributed by atoms with Crippen molar-refractivity contribution in [1.29, 1.82) is 0 Å². The maximum absolute atomic E-state index is 4.58. The average molecular weight is 263 g/mol. The van der Waals surface area contributed by atoms with E-state index in [0.717, 1.165) is 12.5 Å². The molecule has 0 bridgehead atoms. The molecule has 1 aromatic heterocycles. The van der Waals surface area contributed by atoms with Crippen LogP contribution in [0.15, 0.2) is 6.20 Å². The number of hydrogen-bond acceptors (Lipinski definition) is 2. The van der Waals surface area contributed by atoms with Crippen molar-refractivity contribution >= 4 is 0 Å². The molecule has 1 fully saturated rings. The van der Waals surface area contributed by atoms with Crippen LogP contribution in [-0.2, 0) is 13.6 Å². The Labute approximate surface area is 117 Å². The second kappa shape index (κ2) is 6.56.